The Morgan fingerprint density at radius 2 is 1.00 bits per heavy atom. The highest BCUT2D eigenvalue weighted by Gasteiger charge is 2.25. The van der Waals surface area contributed by atoms with Crippen molar-refractivity contribution in [2.24, 2.45) is 11.8 Å². The van der Waals surface area contributed by atoms with E-state index >= 15 is 0 Å². The van der Waals surface area contributed by atoms with Gasteiger partial charge in [-0.1, -0.05) is 91.8 Å². The summed E-state index contributed by atoms with van der Waals surface area (Å²) in [6, 6.07) is 13.7. The zero-order chi connectivity index (χ0) is 22.7. The van der Waals surface area contributed by atoms with E-state index in [1.54, 1.807) is 0 Å². The van der Waals surface area contributed by atoms with E-state index in [0.29, 0.717) is 23.7 Å². The monoisotopic (exact) mass is 418 g/mol. The Balaban J connectivity index is 2.01. The SMILES string of the molecule is CC(C)Cc1cccc(C(C)C)c1N1C=CN(c2c(CC(C)C)cccc2C(C)C)C1. The maximum atomic E-state index is 2.48. The van der Waals surface area contributed by atoms with Gasteiger partial charge in [0.15, 0.2) is 0 Å². The van der Waals surface area contributed by atoms with Crippen LogP contribution in [-0.2, 0) is 12.8 Å². The van der Waals surface area contributed by atoms with E-state index in [1.807, 2.05) is 0 Å². The van der Waals surface area contributed by atoms with Gasteiger partial charge in [-0.05, 0) is 58.8 Å². The second-order valence-corrected chi connectivity index (χ2v) is 10.6. The summed E-state index contributed by atoms with van der Waals surface area (Å²) in [6.07, 6.45) is 6.81. The van der Waals surface area contributed by atoms with Crippen molar-refractivity contribution in [1.29, 1.82) is 0 Å². The van der Waals surface area contributed by atoms with Crippen molar-refractivity contribution in [2.75, 3.05) is 16.5 Å². The lowest BCUT2D eigenvalue weighted by atomic mass is 9.92. The summed E-state index contributed by atoms with van der Waals surface area (Å²) in [7, 11) is 0. The molecule has 0 atom stereocenters. The predicted octanol–water partition coefficient (Wildman–Crippen LogP) is 8.09. The Labute approximate surface area is 191 Å². The largest absolute Gasteiger partial charge is 0.327 e. The Bertz CT molecular complexity index is 831. The van der Waals surface area contributed by atoms with E-state index in [4.69, 9.17) is 0 Å². The first kappa shape index (κ1) is 23.4. The second-order valence-electron chi connectivity index (χ2n) is 10.6. The van der Waals surface area contributed by atoms with Gasteiger partial charge in [-0.2, -0.15) is 0 Å². The van der Waals surface area contributed by atoms with Crippen molar-refractivity contribution in [1.82, 2.24) is 0 Å². The minimum absolute atomic E-state index is 0.504. The van der Waals surface area contributed by atoms with Crippen molar-refractivity contribution in [3.8, 4) is 0 Å². The molecule has 0 unspecified atom stereocenters. The zero-order valence-electron chi connectivity index (χ0n) is 20.9. The molecule has 2 aromatic carbocycles. The molecule has 0 amide bonds. The highest BCUT2D eigenvalue weighted by atomic mass is 15.3. The predicted molar refractivity (Wildman–Crippen MR) is 137 cm³/mol. The van der Waals surface area contributed by atoms with Crippen LogP contribution in [0.2, 0.25) is 0 Å². The molecule has 0 N–H and O–H groups in total. The summed E-state index contributed by atoms with van der Waals surface area (Å²) in [5.41, 5.74) is 8.66. The van der Waals surface area contributed by atoms with Crippen LogP contribution in [-0.4, -0.2) is 6.67 Å². The first-order valence-electron chi connectivity index (χ1n) is 12.1. The molecule has 168 valence electrons. The van der Waals surface area contributed by atoms with E-state index in [-0.39, 0.29) is 0 Å². The normalized spacial score (nSPS) is 14.2. The number of rotatable bonds is 8. The third-order valence-electron chi connectivity index (χ3n) is 6.11. The van der Waals surface area contributed by atoms with Crippen LogP contribution in [0.15, 0.2) is 48.8 Å². The molecule has 0 aromatic heterocycles. The molecule has 2 aromatic rings. The molecule has 0 saturated carbocycles. The van der Waals surface area contributed by atoms with Gasteiger partial charge in [0.05, 0.1) is 6.67 Å². The Kier molecular flexibility index (Phi) is 7.51. The first-order chi connectivity index (χ1) is 14.7. The maximum absolute atomic E-state index is 2.48. The molecule has 0 radical (unpaired) electrons. The van der Waals surface area contributed by atoms with Crippen molar-refractivity contribution in [3.05, 3.63) is 71.1 Å². The number of para-hydroxylation sites is 2. The summed E-state index contributed by atoms with van der Waals surface area (Å²) in [4.78, 5) is 4.95. The van der Waals surface area contributed by atoms with Crippen LogP contribution in [0.3, 0.4) is 0 Å². The van der Waals surface area contributed by atoms with Gasteiger partial charge in [-0.3, -0.25) is 0 Å². The fourth-order valence-corrected chi connectivity index (χ4v) is 4.77. The Morgan fingerprint density at radius 3 is 1.32 bits per heavy atom. The lowest BCUT2D eigenvalue weighted by Crippen LogP contribution is -2.28. The summed E-state index contributed by atoms with van der Waals surface area (Å²) in [5.74, 6) is 2.29. The van der Waals surface area contributed by atoms with Crippen LogP contribution < -0.4 is 9.80 Å². The number of nitrogens with zero attached hydrogens (tertiary/aromatic N) is 2. The summed E-state index contributed by atoms with van der Waals surface area (Å²) in [6.45, 7) is 19.4. The molecule has 0 aliphatic carbocycles. The molecule has 0 bridgehead atoms. The average molecular weight is 419 g/mol. The second kappa shape index (κ2) is 9.94. The number of hydrogen-bond acceptors (Lipinski definition) is 2. The molecular formula is C29H42N2. The van der Waals surface area contributed by atoms with E-state index in [0.717, 1.165) is 19.5 Å². The maximum Gasteiger partial charge on any atom is 0.0989 e. The molecule has 3 rings (SSSR count). The van der Waals surface area contributed by atoms with Crippen molar-refractivity contribution in [3.63, 3.8) is 0 Å². The fraction of sp³-hybridized carbons (Fsp3) is 0.517. The van der Waals surface area contributed by atoms with Gasteiger partial charge in [0.25, 0.3) is 0 Å². The van der Waals surface area contributed by atoms with E-state index in [9.17, 15) is 0 Å². The third kappa shape index (κ3) is 5.34. The molecule has 2 nitrogen and oxygen atoms in total. The number of anilines is 2. The Morgan fingerprint density at radius 1 is 0.613 bits per heavy atom. The minimum atomic E-state index is 0.504. The first-order valence-corrected chi connectivity index (χ1v) is 12.1. The highest BCUT2D eigenvalue weighted by molar-refractivity contribution is 5.70. The number of benzene rings is 2. The van der Waals surface area contributed by atoms with Crippen molar-refractivity contribution >= 4 is 11.4 Å². The lowest BCUT2D eigenvalue weighted by molar-refractivity contribution is 0.644. The van der Waals surface area contributed by atoms with Crippen LogP contribution in [0.5, 0.6) is 0 Å². The van der Waals surface area contributed by atoms with E-state index < -0.39 is 0 Å². The fourth-order valence-electron chi connectivity index (χ4n) is 4.77. The van der Waals surface area contributed by atoms with Gasteiger partial charge in [0.1, 0.15) is 0 Å². The topological polar surface area (TPSA) is 6.48 Å². The smallest absolute Gasteiger partial charge is 0.0989 e. The molecular weight excluding hydrogens is 376 g/mol. The van der Waals surface area contributed by atoms with Crippen LogP contribution in [0.25, 0.3) is 0 Å². The molecule has 2 heteroatoms. The van der Waals surface area contributed by atoms with Crippen LogP contribution >= 0.6 is 0 Å². The summed E-state index contributed by atoms with van der Waals surface area (Å²) < 4.78 is 0. The highest BCUT2D eigenvalue weighted by Crippen LogP contribution is 2.38. The van der Waals surface area contributed by atoms with E-state index in [2.05, 4.69) is 114 Å². The molecule has 0 spiro atoms. The summed E-state index contributed by atoms with van der Waals surface area (Å²) in [5, 5.41) is 0. The standard InChI is InChI=1S/C29H42N2/c1-20(2)17-24-11-9-13-26(22(5)6)28(24)30-15-16-31(19-30)29-25(18-21(3)4)12-10-14-27(29)23(7)8/h9-16,20-23H,17-19H2,1-8H3. The van der Waals surface area contributed by atoms with E-state index in [1.165, 1.54) is 33.6 Å². The molecule has 31 heavy (non-hydrogen) atoms. The summed E-state index contributed by atoms with van der Waals surface area (Å²) >= 11 is 0. The van der Waals surface area contributed by atoms with Gasteiger partial charge in [0, 0.05) is 23.8 Å². The van der Waals surface area contributed by atoms with Crippen LogP contribution in [0, 0.1) is 11.8 Å². The zero-order valence-corrected chi connectivity index (χ0v) is 20.9. The van der Waals surface area contributed by atoms with Crippen LogP contribution in [0.4, 0.5) is 11.4 Å². The number of hydrogen-bond donors (Lipinski definition) is 0. The lowest BCUT2D eigenvalue weighted by Gasteiger charge is -2.30. The average Bonchev–Trinajstić information content (AvgIpc) is 3.15. The van der Waals surface area contributed by atoms with Crippen molar-refractivity contribution in [2.45, 2.75) is 80.1 Å². The van der Waals surface area contributed by atoms with Crippen LogP contribution in [0.1, 0.15) is 89.5 Å². The third-order valence-corrected chi connectivity index (χ3v) is 6.11. The van der Waals surface area contributed by atoms with Gasteiger partial charge in [0.2, 0.25) is 0 Å². The van der Waals surface area contributed by atoms with Crippen molar-refractivity contribution < 1.29 is 0 Å². The quantitative estimate of drug-likeness (QED) is 0.427. The molecule has 1 aliphatic heterocycles. The van der Waals surface area contributed by atoms with Gasteiger partial charge in [-0.25, -0.2) is 0 Å². The van der Waals surface area contributed by atoms with Gasteiger partial charge in [-0.15, -0.1) is 0 Å². The Hall–Kier alpha value is -2.22. The molecule has 1 heterocycles. The van der Waals surface area contributed by atoms with Gasteiger partial charge < -0.3 is 9.80 Å². The van der Waals surface area contributed by atoms with Gasteiger partial charge >= 0.3 is 0 Å². The molecule has 0 fully saturated rings. The molecule has 0 saturated heterocycles. The minimum Gasteiger partial charge on any atom is -0.327 e. The molecule has 1 aliphatic rings.